The van der Waals surface area contributed by atoms with E-state index in [1.54, 1.807) is 22.8 Å². The molecule has 0 atom stereocenters. The van der Waals surface area contributed by atoms with Crippen LogP contribution in [0.15, 0.2) is 84.9 Å². The first-order valence-electron chi connectivity index (χ1n) is 10.4. The number of alkyl halides is 6. The number of halogens is 6. The molecule has 0 unspecified atom stereocenters. The highest BCUT2D eigenvalue weighted by Crippen LogP contribution is 2.41. The maximum atomic E-state index is 13.5. The first-order chi connectivity index (χ1) is 16.6. The monoisotopic (exact) mass is 480 g/mol. The summed E-state index contributed by atoms with van der Waals surface area (Å²) in [6, 6.07) is 22.1. The van der Waals surface area contributed by atoms with Crippen LogP contribution in [-0.2, 0) is 12.4 Å². The third-order valence-electron chi connectivity index (χ3n) is 5.87. The average molecular weight is 480 g/mol. The highest BCUT2D eigenvalue weighted by Gasteiger charge is 2.33. The van der Waals surface area contributed by atoms with E-state index in [9.17, 15) is 31.6 Å². The lowest BCUT2D eigenvalue weighted by atomic mass is 10.0. The van der Waals surface area contributed by atoms with Crippen molar-refractivity contribution in [1.29, 1.82) is 5.26 Å². The Bertz CT molecular complexity index is 1550. The highest BCUT2D eigenvalue weighted by molar-refractivity contribution is 6.10. The number of aromatic nitrogens is 1. The van der Waals surface area contributed by atoms with Crippen molar-refractivity contribution in [1.82, 2.24) is 4.57 Å². The van der Waals surface area contributed by atoms with Crippen LogP contribution in [0.5, 0.6) is 0 Å². The van der Waals surface area contributed by atoms with E-state index in [0.717, 1.165) is 29.8 Å². The van der Waals surface area contributed by atoms with E-state index in [1.807, 2.05) is 30.3 Å². The molecule has 8 heteroatoms. The molecule has 1 aromatic heterocycles. The number of fused-ring (bicyclic) bond motifs is 3. The molecule has 2 nitrogen and oxygen atoms in total. The molecule has 5 rings (SSSR count). The van der Waals surface area contributed by atoms with Gasteiger partial charge in [0.05, 0.1) is 39.5 Å². The second-order valence-electron chi connectivity index (χ2n) is 8.00. The third kappa shape index (κ3) is 3.89. The largest absolute Gasteiger partial charge is 0.416 e. The summed E-state index contributed by atoms with van der Waals surface area (Å²) >= 11 is 0. The summed E-state index contributed by atoms with van der Waals surface area (Å²) in [5.41, 5.74) is 0.873. The Morgan fingerprint density at radius 3 is 1.66 bits per heavy atom. The van der Waals surface area contributed by atoms with Crippen LogP contribution < -0.4 is 0 Å². The molecular formula is C27H14F6N2. The standard InChI is InChI=1S/C27H14F6N2/c28-26(29,30)18-7-10-23-21(13-18)22-14-19(27(31,32)33)8-11-24(22)35(23)25-12-16(15-34)6-9-20(25)17-4-2-1-3-5-17/h1-14H. The Morgan fingerprint density at radius 1 is 0.629 bits per heavy atom. The van der Waals surface area contributed by atoms with Crippen molar-refractivity contribution in [2.75, 3.05) is 0 Å². The molecule has 0 amide bonds. The zero-order valence-corrected chi connectivity index (χ0v) is 17.7. The molecule has 0 radical (unpaired) electrons. The molecule has 0 aliphatic carbocycles. The van der Waals surface area contributed by atoms with Gasteiger partial charge in [-0.05, 0) is 54.1 Å². The van der Waals surface area contributed by atoms with Crippen LogP contribution in [0.3, 0.4) is 0 Å². The van der Waals surface area contributed by atoms with Crippen LogP contribution in [0, 0.1) is 11.3 Å². The van der Waals surface area contributed by atoms with Gasteiger partial charge in [0.15, 0.2) is 0 Å². The first kappa shape index (κ1) is 22.5. The van der Waals surface area contributed by atoms with Crippen LogP contribution >= 0.6 is 0 Å². The lowest BCUT2D eigenvalue weighted by molar-refractivity contribution is -0.138. The smallest absolute Gasteiger partial charge is 0.309 e. The summed E-state index contributed by atoms with van der Waals surface area (Å²) < 4.78 is 82.5. The summed E-state index contributed by atoms with van der Waals surface area (Å²) in [7, 11) is 0. The SMILES string of the molecule is N#Cc1ccc(-c2ccccc2)c(-n2c3ccc(C(F)(F)F)cc3c3cc(C(F)(F)F)ccc32)c1. The number of hydrogen-bond acceptors (Lipinski definition) is 1. The van der Waals surface area contributed by atoms with Crippen molar-refractivity contribution in [3.63, 3.8) is 0 Å². The molecular weight excluding hydrogens is 466 g/mol. The van der Waals surface area contributed by atoms with Crippen molar-refractivity contribution in [3.05, 3.63) is 102 Å². The average Bonchev–Trinajstić information content (AvgIpc) is 3.16. The lowest BCUT2D eigenvalue weighted by Gasteiger charge is -2.15. The van der Waals surface area contributed by atoms with Crippen LogP contribution in [0.4, 0.5) is 26.3 Å². The molecule has 4 aromatic carbocycles. The summed E-state index contributed by atoms with van der Waals surface area (Å²) in [6.45, 7) is 0. The van der Waals surface area contributed by atoms with E-state index < -0.39 is 23.5 Å². The fourth-order valence-corrected chi connectivity index (χ4v) is 4.28. The normalized spacial score (nSPS) is 12.3. The number of nitriles is 1. The second kappa shape index (κ2) is 7.91. The van der Waals surface area contributed by atoms with Gasteiger partial charge < -0.3 is 4.57 Å². The van der Waals surface area contributed by atoms with Gasteiger partial charge in [0.2, 0.25) is 0 Å². The maximum Gasteiger partial charge on any atom is 0.416 e. The van der Waals surface area contributed by atoms with Gasteiger partial charge in [-0.1, -0.05) is 36.4 Å². The summed E-state index contributed by atoms with van der Waals surface area (Å²) in [6.07, 6.45) is -9.33. The van der Waals surface area contributed by atoms with E-state index in [2.05, 4.69) is 6.07 Å². The number of hydrogen-bond donors (Lipinski definition) is 0. The Balaban J connectivity index is 1.93. The van der Waals surface area contributed by atoms with Gasteiger partial charge in [0, 0.05) is 16.3 Å². The Labute approximate surface area is 195 Å². The van der Waals surface area contributed by atoms with Crippen molar-refractivity contribution in [2.24, 2.45) is 0 Å². The number of benzene rings is 4. The minimum absolute atomic E-state index is 0.0299. The quantitative estimate of drug-likeness (QED) is 0.233. The highest BCUT2D eigenvalue weighted by atomic mass is 19.4. The number of nitrogens with zero attached hydrogens (tertiary/aromatic N) is 2. The Morgan fingerprint density at radius 2 is 1.17 bits per heavy atom. The van der Waals surface area contributed by atoms with Crippen molar-refractivity contribution >= 4 is 21.8 Å². The van der Waals surface area contributed by atoms with Gasteiger partial charge >= 0.3 is 12.4 Å². The molecule has 0 saturated carbocycles. The van der Waals surface area contributed by atoms with E-state index in [0.29, 0.717) is 27.8 Å². The zero-order chi connectivity index (χ0) is 25.0. The molecule has 0 fully saturated rings. The maximum absolute atomic E-state index is 13.5. The molecule has 35 heavy (non-hydrogen) atoms. The van der Waals surface area contributed by atoms with Crippen molar-refractivity contribution in [2.45, 2.75) is 12.4 Å². The van der Waals surface area contributed by atoms with Gasteiger partial charge in [-0.3, -0.25) is 0 Å². The van der Waals surface area contributed by atoms with Crippen LogP contribution in [0.2, 0.25) is 0 Å². The molecule has 174 valence electrons. The molecule has 0 aliphatic rings. The summed E-state index contributed by atoms with van der Waals surface area (Å²) in [5, 5.41) is 9.55. The molecule has 0 aliphatic heterocycles. The van der Waals surface area contributed by atoms with Crippen LogP contribution in [0.1, 0.15) is 16.7 Å². The van der Waals surface area contributed by atoms with Gasteiger partial charge in [0.1, 0.15) is 0 Å². The van der Waals surface area contributed by atoms with Gasteiger partial charge in [-0.25, -0.2) is 0 Å². The predicted octanol–water partition coefficient (Wildman–Crippen LogP) is 8.36. The lowest BCUT2D eigenvalue weighted by Crippen LogP contribution is -2.04. The van der Waals surface area contributed by atoms with E-state index >= 15 is 0 Å². The Kier molecular flexibility index (Phi) is 5.09. The fraction of sp³-hybridized carbons (Fsp3) is 0.0741. The van der Waals surface area contributed by atoms with Gasteiger partial charge in [-0.15, -0.1) is 0 Å². The summed E-state index contributed by atoms with van der Waals surface area (Å²) in [4.78, 5) is 0. The van der Waals surface area contributed by atoms with Crippen molar-refractivity contribution < 1.29 is 26.3 Å². The molecule has 1 heterocycles. The topological polar surface area (TPSA) is 28.7 Å². The molecule has 5 aromatic rings. The van der Waals surface area contributed by atoms with E-state index in [-0.39, 0.29) is 10.8 Å². The first-order valence-corrected chi connectivity index (χ1v) is 10.4. The van der Waals surface area contributed by atoms with Gasteiger partial charge in [0.25, 0.3) is 0 Å². The zero-order valence-electron chi connectivity index (χ0n) is 17.7. The Hall–Kier alpha value is -4.25. The minimum Gasteiger partial charge on any atom is -0.309 e. The predicted molar refractivity (Wildman–Crippen MR) is 121 cm³/mol. The fourth-order valence-electron chi connectivity index (χ4n) is 4.28. The number of rotatable bonds is 2. The van der Waals surface area contributed by atoms with Gasteiger partial charge in [-0.2, -0.15) is 31.6 Å². The second-order valence-corrected chi connectivity index (χ2v) is 8.00. The van der Waals surface area contributed by atoms with E-state index in [1.165, 1.54) is 12.1 Å². The van der Waals surface area contributed by atoms with E-state index in [4.69, 9.17) is 0 Å². The van der Waals surface area contributed by atoms with Crippen molar-refractivity contribution in [3.8, 4) is 22.9 Å². The molecule has 0 N–H and O–H groups in total. The van der Waals surface area contributed by atoms with Crippen LogP contribution in [0.25, 0.3) is 38.6 Å². The van der Waals surface area contributed by atoms with Crippen LogP contribution in [-0.4, -0.2) is 4.57 Å². The minimum atomic E-state index is -4.67. The molecule has 0 spiro atoms. The molecule has 0 saturated heterocycles. The third-order valence-corrected chi connectivity index (χ3v) is 5.87. The molecule has 0 bridgehead atoms. The summed E-state index contributed by atoms with van der Waals surface area (Å²) in [5.74, 6) is 0.